The lowest BCUT2D eigenvalue weighted by Crippen LogP contribution is -2.44. The fourth-order valence-electron chi connectivity index (χ4n) is 2.80. The minimum absolute atomic E-state index is 0.205. The summed E-state index contributed by atoms with van der Waals surface area (Å²) in [5.74, 6) is 0. The Bertz CT molecular complexity index is 590. The first-order chi connectivity index (χ1) is 7.98. The summed E-state index contributed by atoms with van der Waals surface area (Å²) in [6.45, 7) is 9.89. The molecule has 0 saturated heterocycles. The Hall–Kier alpha value is -1.28. The molecule has 0 amide bonds. The van der Waals surface area contributed by atoms with E-state index in [4.69, 9.17) is 0 Å². The molecule has 2 heteroatoms. The van der Waals surface area contributed by atoms with Gasteiger partial charge in [0.15, 0.2) is 0 Å². The van der Waals surface area contributed by atoms with Gasteiger partial charge in [0.25, 0.3) is 0 Å². The second-order valence-corrected chi connectivity index (χ2v) is 5.93. The molecule has 0 aliphatic carbocycles. The monoisotopic (exact) mass is 228 g/mol. The molecule has 2 N–H and O–H groups in total. The average Bonchev–Trinajstić information content (AvgIpc) is 2.60. The number of aromatic nitrogens is 1. The van der Waals surface area contributed by atoms with E-state index in [1.54, 1.807) is 0 Å². The SMILES string of the molecule is Cc1ccc2c3c([nH]c2c1C)CC(C)(C)NC3. The molecule has 0 bridgehead atoms. The topological polar surface area (TPSA) is 27.8 Å². The highest BCUT2D eigenvalue weighted by Gasteiger charge is 2.27. The van der Waals surface area contributed by atoms with Crippen molar-refractivity contribution in [3.05, 3.63) is 34.5 Å². The molecule has 0 spiro atoms. The normalized spacial score (nSPS) is 18.4. The molecule has 17 heavy (non-hydrogen) atoms. The average molecular weight is 228 g/mol. The zero-order chi connectivity index (χ0) is 12.2. The third kappa shape index (κ3) is 1.59. The molecule has 90 valence electrons. The van der Waals surface area contributed by atoms with E-state index in [9.17, 15) is 0 Å². The Morgan fingerprint density at radius 1 is 1.18 bits per heavy atom. The molecule has 0 saturated carbocycles. The lowest BCUT2D eigenvalue weighted by Gasteiger charge is -2.31. The summed E-state index contributed by atoms with van der Waals surface area (Å²) in [6, 6.07) is 4.48. The van der Waals surface area contributed by atoms with Gasteiger partial charge in [0.1, 0.15) is 0 Å². The molecule has 0 unspecified atom stereocenters. The van der Waals surface area contributed by atoms with Gasteiger partial charge in [-0.25, -0.2) is 0 Å². The summed E-state index contributed by atoms with van der Waals surface area (Å²) in [5, 5.41) is 5.00. The molecule has 0 atom stereocenters. The first-order valence-corrected chi connectivity index (χ1v) is 6.32. The zero-order valence-electron chi connectivity index (χ0n) is 11.1. The van der Waals surface area contributed by atoms with E-state index >= 15 is 0 Å². The third-order valence-corrected chi connectivity index (χ3v) is 4.06. The first-order valence-electron chi connectivity index (χ1n) is 6.32. The van der Waals surface area contributed by atoms with E-state index in [0.29, 0.717) is 0 Å². The summed E-state index contributed by atoms with van der Waals surface area (Å²) in [7, 11) is 0. The Labute approximate surface area is 102 Å². The van der Waals surface area contributed by atoms with Gasteiger partial charge in [-0.05, 0) is 44.4 Å². The van der Waals surface area contributed by atoms with Crippen molar-refractivity contribution >= 4 is 10.9 Å². The van der Waals surface area contributed by atoms with Gasteiger partial charge in [-0.1, -0.05) is 12.1 Å². The second-order valence-electron chi connectivity index (χ2n) is 5.93. The van der Waals surface area contributed by atoms with E-state index in [2.05, 4.69) is 50.1 Å². The fraction of sp³-hybridized carbons (Fsp3) is 0.467. The molecule has 1 aromatic heterocycles. The van der Waals surface area contributed by atoms with Crippen molar-refractivity contribution in [2.75, 3.05) is 0 Å². The maximum atomic E-state index is 3.64. The number of aromatic amines is 1. The van der Waals surface area contributed by atoms with Crippen LogP contribution in [0.2, 0.25) is 0 Å². The highest BCUT2D eigenvalue weighted by Crippen LogP contribution is 2.31. The van der Waals surface area contributed by atoms with Crippen molar-refractivity contribution in [2.45, 2.75) is 46.2 Å². The van der Waals surface area contributed by atoms with Gasteiger partial charge in [0.05, 0.1) is 0 Å². The van der Waals surface area contributed by atoms with Crippen LogP contribution in [0.3, 0.4) is 0 Å². The Kier molecular flexibility index (Phi) is 2.14. The molecule has 2 heterocycles. The van der Waals surface area contributed by atoms with Crippen molar-refractivity contribution in [1.29, 1.82) is 0 Å². The fourth-order valence-corrected chi connectivity index (χ4v) is 2.80. The van der Waals surface area contributed by atoms with Crippen LogP contribution in [0.15, 0.2) is 12.1 Å². The van der Waals surface area contributed by atoms with Crippen LogP contribution >= 0.6 is 0 Å². The van der Waals surface area contributed by atoms with Crippen molar-refractivity contribution in [2.24, 2.45) is 0 Å². The molecule has 1 aliphatic rings. The minimum atomic E-state index is 0.205. The van der Waals surface area contributed by atoms with Gasteiger partial charge < -0.3 is 10.3 Å². The molecule has 0 radical (unpaired) electrons. The molecule has 3 rings (SSSR count). The van der Waals surface area contributed by atoms with Crippen LogP contribution in [0.5, 0.6) is 0 Å². The third-order valence-electron chi connectivity index (χ3n) is 4.06. The van der Waals surface area contributed by atoms with Crippen molar-refractivity contribution in [1.82, 2.24) is 10.3 Å². The summed E-state index contributed by atoms with van der Waals surface area (Å²) >= 11 is 0. The van der Waals surface area contributed by atoms with E-state index in [0.717, 1.165) is 13.0 Å². The van der Waals surface area contributed by atoms with Crippen LogP contribution in [-0.4, -0.2) is 10.5 Å². The maximum Gasteiger partial charge on any atom is 0.0491 e. The van der Waals surface area contributed by atoms with Crippen molar-refractivity contribution in [3.63, 3.8) is 0 Å². The van der Waals surface area contributed by atoms with Gasteiger partial charge >= 0.3 is 0 Å². The van der Waals surface area contributed by atoms with Crippen LogP contribution in [0.4, 0.5) is 0 Å². The number of nitrogens with one attached hydrogen (secondary N) is 2. The van der Waals surface area contributed by atoms with Gasteiger partial charge in [0, 0.05) is 35.1 Å². The molecular formula is C15H20N2. The number of aryl methyl sites for hydroxylation is 2. The largest absolute Gasteiger partial charge is 0.358 e. The summed E-state index contributed by atoms with van der Waals surface area (Å²) < 4.78 is 0. The van der Waals surface area contributed by atoms with Gasteiger partial charge in [0.2, 0.25) is 0 Å². The standard InChI is InChI=1S/C15H20N2/c1-9-5-6-11-12-8-16-15(3,4)7-13(12)17-14(11)10(9)2/h5-6,16-17H,7-8H2,1-4H3. The maximum absolute atomic E-state index is 3.64. The Balaban J connectivity index is 2.25. The van der Waals surface area contributed by atoms with Gasteiger partial charge in [-0.3, -0.25) is 0 Å². The van der Waals surface area contributed by atoms with Crippen LogP contribution in [0.1, 0.15) is 36.2 Å². The van der Waals surface area contributed by atoms with E-state index < -0.39 is 0 Å². The number of benzene rings is 1. The highest BCUT2D eigenvalue weighted by atomic mass is 15.0. The van der Waals surface area contributed by atoms with Crippen LogP contribution < -0.4 is 5.32 Å². The predicted molar refractivity (Wildman–Crippen MR) is 72.4 cm³/mol. The molecular weight excluding hydrogens is 208 g/mol. The van der Waals surface area contributed by atoms with Crippen molar-refractivity contribution < 1.29 is 0 Å². The van der Waals surface area contributed by atoms with E-state index in [1.165, 1.54) is 33.3 Å². The molecule has 2 nitrogen and oxygen atoms in total. The second kappa shape index (κ2) is 3.36. The smallest absolute Gasteiger partial charge is 0.0491 e. The lowest BCUT2D eigenvalue weighted by molar-refractivity contribution is 0.360. The first kappa shape index (κ1) is 10.8. The number of hydrogen-bond donors (Lipinski definition) is 2. The Morgan fingerprint density at radius 3 is 2.71 bits per heavy atom. The van der Waals surface area contributed by atoms with Gasteiger partial charge in [-0.2, -0.15) is 0 Å². The number of rotatable bonds is 0. The van der Waals surface area contributed by atoms with E-state index in [-0.39, 0.29) is 5.54 Å². The van der Waals surface area contributed by atoms with Crippen molar-refractivity contribution in [3.8, 4) is 0 Å². The highest BCUT2D eigenvalue weighted by molar-refractivity contribution is 5.88. The lowest BCUT2D eigenvalue weighted by atomic mass is 9.91. The van der Waals surface area contributed by atoms with Crippen LogP contribution in [0, 0.1) is 13.8 Å². The quantitative estimate of drug-likeness (QED) is 0.712. The Morgan fingerprint density at radius 2 is 1.94 bits per heavy atom. The number of fused-ring (bicyclic) bond motifs is 3. The number of H-pyrrole nitrogens is 1. The zero-order valence-corrected chi connectivity index (χ0v) is 11.1. The van der Waals surface area contributed by atoms with Crippen LogP contribution in [0.25, 0.3) is 10.9 Å². The van der Waals surface area contributed by atoms with Gasteiger partial charge in [-0.15, -0.1) is 0 Å². The summed E-state index contributed by atoms with van der Waals surface area (Å²) in [5.41, 5.74) is 7.16. The molecule has 0 fully saturated rings. The van der Waals surface area contributed by atoms with E-state index in [1.807, 2.05) is 0 Å². The molecule has 1 aromatic carbocycles. The molecule has 2 aromatic rings. The van der Waals surface area contributed by atoms with Crippen LogP contribution in [-0.2, 0) is 13.0 Å². The predicted octanol–water partition coefficient (Wildman–Crippen LogP) is 3.21. The number of hydrogen-bond acceptors (Lipinski definition) is 1. The summed E-state index contributed by atoms with van der Waals surface area (Å²) in [6.07, 6.45) is 1.08. The molecule has 1 aliphatic heterocycles. The summed E-state index contributed by atoms with van der Waals surface area (Å²) in [4.78, 5) is 3.64. The minimum Gasteiger partial charge on any atom is -0.358 e.